The molecule has 12 heteroatoms. The molecule has 0 unspecified atom stereocenters. The SMILES string of the molecule is CCOP(=O)(OCC)OC(=O)/C=C\C(=O)OP(=O)(OCC)OCC. The van der Waals surface area contributed by atoms with E-state index in [2.05, 4.69) is 9.05 Å². The Labute approximate surface area is 140 Å². The summed E-state index contributed by atoms with van der Waals surface area (Å²) in [7, 11) is -8.11. The van der Waals surface area contributed by atoms with Crippen LogP contribution in [0, 0.1) is 0 Å². The van der Waals surface area contributed by atoms with Crippen molar-refractivity contribution in [3.63, 3.8) is 0 Å². The van der Waals surface area contributed by atoms with Crippen LogP contribution in [0.5, 0.6) is 0 Å². The molecule has 0 spiro atoms. The topological polar surface area (TPSA) is 124 Å². The normalized spacial score (nSPS) is 12.3. The minimum absolute atomic E-state index is 0.0117. The van der Waals surface area contributed by atoms with Gasteiger partial charge < -0.3 is 9.05 Å². The van der Waals surface area contributed by atoms with Gasteiger partial charge in [-0.05, 0) is 27.7 Å². The second-order valence-corrected chi connectivity index (χ2v) is 6.91. The first-order valence-corrected chi connectivity index (χ1v) is 10.1. The van der Waals surface area contributed by atoms with Gasteiger partial charge >= 0.3 is 27.6 Å². The maximum absolute atomic E-state index is 11.9. The van der Waals surface area contributed by atoms with Gasteiger partial charge in [0.15, 0.2) is 0 Å². The number of carbonyl (C=O) groups excluding carboxylic acids is 2. The van der Waals surface area contributed by atoms with Crippen molar-refractivity contribution < 1.29 is 45.9 Å². The molecule has 24 heavy (non-hydrogen) atoms. The molecule has 0 bridgehead atoms. The maximum atomic E-state index is 11.9. The van der Waals surface area contributed by atoms with Gasteiger partial charge in [-0.3, -0.25) is 18.1 Å². The van der Waals surface area contributed by atoms with Gasteiger partial charge in [0.25, 0.3) is 0 Å². The molecule has 0 heterocycles. The predicted octanol–water partition coefficient (Wildman–Crippen LogP) is 2.99. The Hall–Kier alpha value is -1.02. The molecular formula is C12H22O10P2. The second kappa shape index (κ2) is 11.5. The summed E-state index contributed by atoms with van der Waals surface area (Å²) in [5.41, 5.74) is 0. The summed E-state index contributed by atoms with van der Waals surface area (Å²) < 4.78 is 52.0. The smallest absolute Gasteiger partial charge is 0.367 e. The summed E-state index contributed by atoms with van der Waals surface area (Å²) in [6.07, 6.45) is 1.24. The molecule has 0 aromatic heterocycles. The Morgan fingerprint density at radius 1 is 0.667 bits per heavy atom. The van der Waals surface area contributed by atoms with E-state index in [1.807, 2.05) is 0 Å². The number of hydrogen-bond donors (Lipinski definition) is 0. The van der Waals surface area contributed by atoms with Crippen LogP contribution >= 0.6 is 15.6 Å². The lowest BCUT2D eigenvalue weighted by atomic mass is 10.5. The molecule has 0 aliphatic carbocycles. The molecule has 0 atom stereocenters. The van der Waals surface area contributed by atoms with Gasteiger partial charge in [-0.15, -0.1) is 0 Å². The van der Waals surface area contributed by atoms with Gasteiger partial charge in [0, 0.05) is 12.2 Å². The Balaban J connectivity index is 4.76. The summed E-state index contributed by atoms with van der Waals surface area (Å²) in [4.78, 5) is 23.1. The molecule has 140 valence electrons. The Morgan fingerprint density at radius 3 is 1.12 bits per heavy atom. The van der Waals surface area contributed by atoms with E-state index < -0.39 is 27.6 Å². The summed E-state index contributed by atoms with van der Waals surface area (Å²) in [6, 6.07) is 0. The van der Waals surface area contributed by atoms with Crippen LogP contribution in [-0.4, -0.2) is 38.4 Å². The van der Waals surface area contributed by atoms with Crippen LogP contribution in [0.4, 0.5) is 0 Å². The molecule has 0 N–H and O–H groups in total. The van der Waals surface area contributed by atoms with E-state index in [-0.39, 0.29) is 26.4 Å². The van der Waals surface area contributed by atoms with Gasteiger partial charge in [-0.1, -0.05) is 0 Å². The van der Waals surface area contributed by atoms with Crippen molar-refractivity contribution in [2.24, 2.45) is 0 Å². The van der Waals surface area contributed by atoms with Crippen LogP contribution < -0.4 is 0 Å². The van der Waals surface area contributed by atoms with Gasteiger partial charge in [0.1, 0.15) is 0 Å². The average Bonchev–Trinajstić information content (AvgIpc) is 2.45. The van der Waals surface area contributed by atoms with Crippen molar-refractivity contribution in [3.8, 4) is 0 Å². The molecule has 10 nitrogen and oxygen atoms in total. The third kappa shape index (κ3) is 9.32. The van der Waals surface area contributed by atoms with Crippen molar-refractivity contribution in [1.29, 1.82) is 0 Å². The monoisotopic (exact) mass is 388 g/mol. The fourth-order valence-corrected chi connectivity index (χ4v) is 3.42. The predicted molar refractivity (Wildman–Crippen MR) is 83.0 cm³/mol. The van der Waals surface area contributed by atoms with E-state index in [9.17, 15) is 18.7 Å². The first kappa shape index (κ1) is 23.0. The van der Waals surface area contributed by atoms with E-state index in [1.54, 1.807) is 0 Å². The Bertz CT molecular complexity index is 464. The molecule has 0 saturated carbocycles. The van der Waals surface area contributed by atoms with Gasteiger partial charge in [-0.25, -0.2) is 18.7 Å². The fraction of sp³-hybridized carbons (Fsp3) is 0.667. The van der Waals surface area contributed by atoms with E-state index in [0.717, 1.165) is 0 Å². The number of rotatable bonds is 12. The number of phosphoric acid groups is 2. The highest BCUT2D eigenvalue weighted by Crippen LogP contribution is 2.50. The first-order valence-electron chi connectivity index (χ1n) is 7.17. The standard InChI is InChI=1S/C12H22O10P2/c1-5-17-23(15,18-6-2)21-11(13)9-10-12(14)22-24(16,19-7-3)20-8-4/h9-10H,5-8H2,1-4H3/b10-9-. The highest BCUT2D eigenvalue weighted by molar-refractivity contribution is 7.49. The summed E-state index contributed by atoms with van der Waals surface area (Å²) >= 11 is 0. The summed E-state index contributed by atoms with van der Waals surface area (Å²) in [5.74, 6) is -2.33. The molecule has 0 aromatic rings. The molecule has 0 rings (SSSR count). The minimum atomic E-state index is -4.05. The van der Waals surface area contributed by atoms with Crippen LogP contribution in [0.15, 0.2) is 12.2 Å². The molecule has 0 aliphatic heterocycles. The molecule has 0 radical (unpaired) electrons. The quantitative estimate of drug-likeness (QED) is 0.364. The number of phosphoric ester groups is 2. The zero-order chi connectivity index (χ0) is 18.6. The maximum Gasteiger partial charge on any atom is 0.532 e. The lowest BCUT2D eigenvalue weighted by molar-refractivity contribution is -0.133. The lowest BCUT2D eigenvalue weighted by Crippen LogP contribution is -2.07. The van der Waals surface area contributed by atoms with E-state index >= 15 is 0 Å². The fourth-order valence-electron chi connectivity index (χ4n) is 1.23. The van der Waals surface area contributed by atoms with Crippen molar-refractivity contribution in [3.05, 3.63) is 12.2 Å². The summed E-state index contributed by atoms with van der Waals surface area (Å²) in [5, 5.41) is 0. The van der Waals surface area contributed by atoms with Crippen LogP contribution in [0.3, 0.4) is 0 Å². The van der Waals surface area contributed by atoms with Gasteiger partial charge in [-0.2, -0.15) is 0 Å². The molecule has 0 aliphatic rings. The van der Waals surface area contributed by atoms with E-state index in [4.69, 9.17) is 18.1 Å². The third-order valence-electron chi connectivity index (χ3n) is 1.91. The van der Waals surface area contributed by atoms with Crippen molar-refractivity contribution in [2.45, 2.75) is 27.7 Å². The zero-order valence-electron chi connectivity index (χ0n) is 14.0. The second-order valence-electron chi connectivity index (χ2n) is 3.72. The van der Waals surface area contributed by atoms with Crippen LogP contribution in [0.25, 0.3) is 0 Å². The highest BCUT2D eigenvalue weighted by Gasteiger charge is 2.31. The van der Waals surface area contributed by atoms with E-state index in [1.165, 1.54) is 27.7 Å². The largest absolute Gasteiger partial charge is 0.532 e. The van der Waals surface area contributed by atoms with Crippen molar-refractivity contribution in [1.82, 2.24) is 0 Å². The van der Waals surface area contributed by atoms with Gasteiger partial charge in [0.2, 0.25) is 0 Å². The molecule has 0 fully saturated rings. The number of hydrogen-bond acceptors (Lipinski definition) is 10. The Morgan fingerprint density at radius 2 is 0.917 bits per heavy atom. The molecule has 0 aromatic carbocycles. The van der Waals surface area contributed by atoms with Crippen LogP contribution in [-0.2, 0) is 45.9 Å². The Kier molecular flexibility index (Phi) is 11.0. The first-order chi connectivity index (χ1) is 11.2. The average molecular weight is 388 g/mol. The van der Waals surface area contributed by atoms with Crippen LogP contribution in [0.1, 0.15) is 27.7 Å². The van der Waals surface area contributed by atoms with E-state index in [0.29, 0.717) is 12.2 Å². The summed E-state index contributed by atoms with van der Waals surface area (Å²) in [6.45, 7) is 6.09. The van der Waals surface area contributed by atoms with Crippen molar-refractivity contribution in [2.75, 3.05) is 26.4 Å². The highest BCUT2D eigenvalue weighted by atomic mass is 31.2. The van der Waals surface area contributed by atoms with Crippen LogP contribution in [0.2, 0.25) is 0 Å². The number of carbonyl (C=O) groups is 2. The van der Waals surface area contributed by atoms with Crippen molar-refractivity contribution >= 4 is 27.6 Å². The third-order valence-corrected chi connectivity index (χ3v) is 5.01. The lowest BCUT2D eigenvalue weighted by Gasteiger charge is -2.15. The minimum Gasteiger partial charge on any atom is -0.367 e. The molecule has 0 saturated heterocycles. The molecular weight excluding hydrogens is 366 g/mol. The molecule has 0 amide bonds. The van der Waals surface area contributed by atoms with Gasteiger partial charge in [0.05, 0.1) is 26.4 Å². The zero-order valence-corrected chi connectivity index (χ0v) is 15.7.